The van der Waals surface area contributed by atoms with Crippen molar-refractivity contribution < 1.29 is 9.59 Å². The highest BCUT2D eigenvalue weighted by atomic mass is 16.2. The number of hydrogen-bond donors (Lipinski definition) is 3. The smallest absolute Gasteiger partial charge is 0.273 e. The van der Waals surface area contributed by atoms with E-state index in [4.69, 9.17) is 5.73 Å². The lowest BCUT2D eigenvalue weighted by Gasteiger charge is -2.13. The van der Waals surface area contributed by atoms with Gasteiger partial charge in [0.05, 0.1) is 23.8 Å². The van der Waals surface area contributed by atoms with Crippen molar-refractivity contribution in [3.05, 3.63) is 59.2 Å². The average molecular weight is 407 g/mol. The molecule has 0 fully saturated rings. The van der Waals surface area contributed by atoms with Crippen LogP contribution in [0, 0.1) is 6.92 Å². The molecule has 0 aliphatic carbocycles. The molecule has 0 aliphatic heterocycles. The van der Waals surface area contributed by atoms with E-state index in [1.54, 1.807) is 36.0 Å². The van der Waals surface area contributed by atoms with E-state index in [0.29, 0.717) is 22.6 Å². The summed E-state index contributed by atoms with van der Waals surface area (Å²) in [5, 5.41) is 9.99. The number of hydrogen-bond acceptors (Lipinski definition) is 6. The van der Waals surface area contributed by atoms with Gasteiger partial charge in [0.15, 0.2) is 0 Å². The monoisotopic (exact) mass is 407 g/mol. The van der Waals surface area contributed by atoms with Gasteiger partial charge >= 0.3 is 0 Å². The number of aromatic nitrogens is 4. The van der Waals surface area contributed by atoms with E-state index in [1.807, 2.05) is 27.7 Å². The van der Waals surface area contributed by atoms with E-state index < -0.39 is 0 Å². The van der Waals surface area contributed by atoms with Crippen LogP contribution in [0.15, 0.2) is 36.7 Å². The maximum Gasteiger partial charge on any atom is 0.273 e. The van der Waals surface area contributed by atoms with Crippen molar-refractivity contribution in [2.75, 3.05) is 16.4 Å². The first kappa shape index (κ1) is 21.0. The van der Waals surface area contributed by atoms with Gasteiger partial charge in [0.25, 0.3) is 11.8 Å². The van der Waals surface area contributed by atoms with E-state index in [1.165, 1.54) is 12.4 Å². The Bertz CT molecular complexity index is 1100. The summed E-state index contributed by atoms with van der Waals surface area (Å²) >= 11 is 0. The van der Waals surface area contributed by atoms with Crippen molar-refractivity contribution in [2.24, 2.45) is 7.05 Å². The average Bonchev–Trinajstić information content (AvgIpc) is 3.07. The third-order valence-corrected chi connectivity index (χ3v) is 4.55. The molecule has 9 heteroatoms. The molecule has 0 unspecified atom stereocenters. The number of anilines is 3. The van der Waals surface area contributed by atoms with Gasteiger partial charge in [-0.25, -0.2) is 9.97 Å². The van der Waals surface area contributed by atoms with Crippen LogP contribution in [0.5, 0.6) is 0 Å². The summed E-state index contributed by atoms with van der Waals surface area (Å²) in [5.41, 5.74) is 8.66. The summed E-state index contributed by atoms with van der Waals surface area (Å²) < 4.78 is 1.55. The zero-order valence-corrected chi connectivity index (χ0v) is 17.6. The number of benzene rings is 1. The normalized spacial score (nSPS) is 11.2. The highest BCUT2D eigenvalue weighted by molar-refractivity contribution is 6.07. The Labute approximate surface area is 174 Å². The molecule has 156 valence electrons. The first-order valence-corrected chi connectivity index (χ1v) is 9.40. The highest BCUT2D eigenvalue weighted by Gasteiger charge is 2.22. The van der Waals surface area contributed by atoms with E-state index in [0.717, 1.165) is 11.3 Å². The van der Waals surface area contributed by atoms with E-state index >= 15 is 0 Å². The Kier molecular flexibility index (Phi) is 5.55. The van der Waals surface area contributed by atoms with Crippen LogP contribution < -0.4 is 16.4 Å². The second-order valence-electron chi connectivity index (χ2n) is 8.06. The molecule has 2 aromatic heterocycles. The third kappa shape index (κ3) is 4.62. The van der Waals surface area contributed by atoms with Gasteiger partial charge in [0.2, 0.25) is 5.95 Å². The zero-order chi connectivity index (χ0) is 22.1. The van der Waals surface area contributed by atoms with Crippen LogP contribution in [0.1, 0.15) is 52.9 Å². The SMILES string of the molecule is Cc1ccc(NC(=O)c2cc(C(C)(C)C)nn2C)cc1C(=O)Nc1cnc(N)nc1. The minimum Gasteiger partial charge on any atom is -0.368 e. The van der Waals surface area contributed by atoms with Gasteiger partial charge in [-0.3, -0.25) is 14.3 Å². The Morgan fingerprint density at radius 3 is 2.23 bits per heavy atom. The van der Waals surface area contributed by atoms with Gasteiger partial charge in [-0.15, -0.1) is 0 Å². The summed E-state index contributed by atoms with van der Waals surface area (Å²) in [6.45, 7) is 7.92. The quantitative estimate of drug-likeness (QED) is 0.610. The lowest BCUT2D eigenvalue weighted by atomic mass is 9.92. The second-order valence-corrected chi connectivity index (χ2v) is 8.06. The number of amides is 2. The number of nitrogens with zero attached hydrogens (tertiary/aromatic N) is 4. The molecule has 0 aliphatic rings. The number of carbonyl (C=O) groups excluding carboxylic acids is 2. The lowest BCUT2D eigenvalue weighted by Crippen LogP contribution is -2.18. The van der Waals surface area contributed by atoms with Crippen LogP contribution in [0.3, 0.4) is 0 Å². The summed E-state index contributed by atoms with van der Waals surface area (Å²) in [6, 6.07) is 6.92. The molecule has 3 rings (SSSR count). The minimum atomic E-state index is -0.340. The molecule has 0 atom stereocenters. The van der Waals surface area contributed by atoms with Crippen molar-refractivity contribution >= 4 is 29.1 Å². The maximum atomic E-state index is 12.8. The summed E-state index contributed by atoms with van der Waals surface area (Å²) in [6.07, 6.45) is 2.85. The van der Waals surface area contributed by atoms with Crippen LogP contribution in [0.25, 0.3) is 0 Å². The predicted octanol–water partition coefficient (Wildman–Crippen LogP) is 2.90. The van der Waals surface area contributed by atoms with E-state index in [2.05, 4.69) is 25.7 Å². The van der Waals surface area contributed by atoms with Crippen LogP contribution in [0.2, 0.25) is 0 Å². The Hall–Kier alpha value is -3.75. The number of nitrogen functional groups attached to an aromatic ring is 1. The largest absolute Gasteiger partial charge is 0.368 e. The van der Waals surface area contributed by atoms with E-state index in [-0.39, 0.29) is 23.2 Å². The summed E-state index contributed by atoms with van der Waals surface area (Å²) in [5.74, 6) is -0.520. The van der Waals surface area contributed by atoms with Crippen molar-refractivity contribution in [2.45, 2.75) is 33.1 Å². The van der Waals surface area contributed by atoms with Gasteiger partial charge < -0.3 is 16.4 Å². The fraction of sp³-hybridized carbons (Fsp3) is 0.286. The molecular weight excluding hydrogens is 382 g/mol. The number of rotatable bonds is 4. The fourth-order valence-electron chi connectivity index (χ4n) is 2.79. The lowest BCUT2D eigenvalue weighted by molar-refractivity contribution is 0.101. The number of nitrogens with one attached hydrogen (secondary N) is 2. The van der Waals surface area contributed by atoms with Crippen molar-refractivity contribution in [3.8, 4) is 0 Å². The zero-order valence-electron chi connectivity index (χ0n) is 17.6. The molecule has 2 heterocycles. The number of aryl methyl sites for hydroxylation is 2. The van der Waals surface area contributed by atoms with Crippen LogP contribution in [-0.2, 0) is 12.5 Å². The number of nitrogens with two attached hydrogens (primary N) is 1. The molecule has 4 N–H and O–H groups in total. The highest BCUT2D eigenvalue weighted by Crippen LogP contribution is 2.22. The molecule has 0 radical (unpaired) electrons. The Morgan fingerprint density at radius 1 is 1.00 bits per heavy atom. The number of carbonyl (C=O) groups is 2. The molecule has 30 heavy (non-hydrogen) atoms. The van der Waals surface area contributed by atoms with Crippen molar-refractivity contribution in [3.63, 3.8) is 0 Å². The van der Waals surface area contributed by atoms with Gasteiger partial charge in [0.1, 0.15) is 5.69 Å². The molecule has 0 bridgehead atoms. The first-order chi connectivity index (χ1) is 14.0. The molecule has 1 aromatic carbocycles. The molecule has 2 amide bonds. The van der Waals surface area contributed by atoms with Gasteiger partial charge in [0, 0.05) is 23.7 Å². The maximum absolute atomic E-state index is 12.8. The van der Waals surface area contributed by atoms with Crippen LogP contribution >= 0.6 is 0 Å². The van der Waals surface area contributed by atoms with Gasteiger partial charge in [-0.1, -0.05) is 26.8 Å². The molecule has 0 saturated carbocycles. The van der Waals surface area contributed by atoms with Crippen molar-refractivity contribution in [1.29, 1.82) is 0 Å². The van der Waals surface area contributed by atoms with Gasteiger partial charge in [-0.2, -0.15) is 5.10 Å². The molecule has 9 nitrogen and oxygen atoms in total. The topological polar surface area (TPSA) is 128 Å². The van der Waals surface area contributed by atoms with Crippen LogP contribution in [0.4, 0.5) is 17.3 Å². The summed E-state index contributed by atoms with van der Waals surface area (Å²) in [4.78, 5) is 33.1. The first-order valence-electron chi connectivity index (χ1n) is 9.40. The van der Waals surface area contributed by atoms with Crippen molar-refractivity contribution in [1.82, 2.24) is 19.7 Å². The molecule has 0 spiro atoms. The molecular formula is C21H25N7O2. The standard InChI is InChI=1S/C21H25N7O2/c1-12-6-7-13(8-15(12)18(29)26-14-10-23-20(22)24-11-14)25-19(30)16-9-17(21(2,3)4)27-28(16)5/h6-11H,1-5H3,(H,25,30)(H,26,29)(H2,22,23,24). The van der Waals surface area contributed by atoms with E-state index in [9.17, 15) is 9.59 Å². The Morgan fingerprint density at radius 2 is 1.63 bits per heavy atom. The Balaban J connectivity index is 1.79. The predicted molar refractivity (Wildman–Crippen MR) is 115 cm³/mol. The van der Waals surface area contributed by atoms with Crippen LogP contribution in [-0.4, -0.2) is 31.6 Å². The summed E-state index contributed by atoms with van der Waals surface area (Å²) in [7, 11) is 1.73. The molecule has 3 aromatic rings. The minimum absolute atomic E-state index is 0.124. The molecule has 0 saturated heterocycles. The third-order valence-electron chi connectivity index (χ3n) is 4.55. The van der Waals surface area contributed by atoms with Gasteiger partial charge in [-0.05, 0) is 30.7 Å². The fourth-order valence-corrected chi connectivity index (χ4v) is 2.79. The second kappa shape index (κ2) is 7.94.